The highest BCUT2D eigenvalue weighted by molar-refractivity contribution is 14.1. The van der Waals surface area contributed by atoms with Crippen molar-refractivity contribution in [1.29, 1.82) is 5.26 Å². The van der Waals surface area contributed by atoms with Gasteiger partial charge in [-0.2, -0.15) is 5.26 Å². The van der Waals surface area contributed by atoms with Gasteiger partial charge in [-0.15, -0.1) is 0 Å². The van der Waals surface area contributed by atoms with E-state index in [2.05, 4.69) is 59.8 Å². The Bertz CT molecular complexity index is 1260. The molecule has 166 valence electrons. The molecule has 0 bridgehead atoms. The first-order valence-corrected chi connectivity index (χ1v) is 12.0. The molecule has 0 radical (unpaired) electrons. The number of nitrogens with one attached hydrogen (secondary N) is 1. The number of benzene rings is 3. The third-order valence-electron chi connectivity index (χ3n) is 4.30. The quantitative estimate of drug-likeness (QED) is 0.0965. The van der Waals surface area contributed by atoms with Crippen LogP contribution in [0.2, 0.25) is 0 Å². The van der Waals surface area contributed by atoms with Crippen LogP contribution in [0.3, 0.4) is 0 Å². The molecule has 0 aromatic heterocycles. The summed E-state index contributed by atoms with van der Waals surface area (Å²) in [5.74, 6) is 0.0361. The van der Waals surface area contributed by atoms with Crippen LogP contribution in [-0.2, 0) is 11.4 Å². The normalized spacial score (nSPS) is 10.9. The first-order valence-electron chi connectivity index (χ1n) is 9.30. The van der Waals surface area contributed by atoms with Crippen molar-refractivity contribution in [3.63, 3.8) is 0 Å². The molecule has 3 aromatic rings. The molecule has 0 aliphatic carbocycles. The number of halogens is 3. The number of nitro groups is 1. The van der Waals surface area contributed by atoms with Crippen LogP contribution < -0.4 is 10.1 Å². The van der Waals surface area contributed by atoms with E-state index in [1.54, 1.807) is 48.5 Å². The molecule has 0 unspecified atom stereocenters. The summed E-state index contributed by atoms with van der Waals surface area (Å²) in [7, 11) is 0. The van der Waals surface area contributed by atoms with Gasteiger partial charge in [0.1, 0.15) is 24.0 Å². The molecule has 0 heterocycles. The Balaban J connectivity index is 1.76. The van der Waals surface area contributed by atoms with Crippen molar-refractivity contribution in [1.82, 2.24) is 0 Å². The monoisotopic (exact) mass is 681 g/mol. The van der Waals surface area contributed by atoms with Crippen LogP contribution in [-0.4, -0.2) is 10.8 Å². The summed E-state index contributed by atoms with van der Waals surface area (Å²) in [6, 6.07) is 18.7. The number of anilines is 1. The number of ether oxygens (including phenoxy) is 1. The lowest BCUT2D eigenvalue weighted by Crippen LogP contribution is -2.13. The first kappa shape index (κ1) is 24.9. The molecule has 0 atom stereocenters. The molecule has 1 amide bonds. The average Bonchev–Trinajstić information content (AvgIpc) is 2.78. The van der Waals surface area contributed by atoms with Gasteiger partial charge in [0.25, 0.3) is 11.6 Å². The van der Waals surface area contributed by atoms with Crippen molar-refractivity contribution < 1.29 is 14.5 Å². The highest BCUT2D eigenvalue weighted by Crippen LogP contribution is 2.33. The summed E-state index contributed by atoms with van der Waals surface area (Å²) in [5.41, 5.74) is 1.82. The van der Waals surface area contributed by atoms with E-state index in [1.807, 2.05) is 6.07 Å². The second-order valence-corrected chi connectivity index (χ2v) is 9.59. The van der Waals surface area contributed by atoms with Crippen molar-refractivity contribution in [2.75, 3.05) is 5.32 Å². The summed E-state index contributed by atoms with van der Waals surface area (Å²) < 4.78 is 8.11. The van der Waals surface area contributed by atoms with Gasteiger partial charge in [-0.1, -0.05) is 28.1 Å². The molecule has 3 rings (SSSR count). The molecule has 0 aliphatic rings. The third kappa shape index (κ3) is 6.86. The number of nitriles is 1. The Morgan fingerprint density at radius 3 is 2.55 bits per heavy atom. The van der Waals surface area contributed by atoms with Crippen molar-refractivity contribution >= 4 is 77.8 Å². The van der Waals surface area contributed by atoms with E-state index in [0.29, 0.717) is 27.0 Å². The highest BCUT2D eigenvalue weighted by Gasteiger charge is 2.13. The molecule has 0 fully saturated rings. The minimum atomic E-state index is -0.517. The van der Waals surface area contributed by atoms with Crippen LogP contribution >= 0.6 is 54.5 Å². The zero-order valence-corrected chi connectivity index (χ0v) is 22.0. The summed E-state index contributed by atoms with van der Waals surface area (Å²) in [6.45, 7) is 0.143. The number of rotatable bonds is 7. The van der Waals surface area contributed by atoms with E-state index in [-0.39, 0.29) is 17.9 Å². The molecule has 0 aliphatic heterocycles. The lowest BCUT2D eigenvalue weighted by atomic mass is 10.1. The molecular weight excluding hydrogens is 669 g/mol. The Kier molecular flexibility index (Phi) is 8.60. The topological polar surface area (TPSA) is 105 Å². The fourth-order valence-corrected chi connectivity index (χ4v) is 4.80. The minimum absolute atomic E-state index is 0.00389. The number of hydrogen-bond donors (Lipinski definition) is 1. The van der Waals surface area contributed by atoms with E-state index in [4.69, 9.17) is 4.74 Å². The van der Waals surface area contributed by atoms with E-state index >= 15 is 0 Å². The summed E-state index contributed by atoms with van der Waals surface area (Å²) in [5, 5.41) is 23.1. The average molecular weight is 683 g/mol. The Hall–Kier alpha value is -2.75. The third-order valence-corrected chi connectivity index (χ3v) is 6.22. The lowest BCUT2D eigenvalue weighted by Gasteiger charge is -2.12. The first-order chi connectivity index (χ1) is 15.8. The maximum Gasteiger partial charge on any atom is 0.269 e. The summed E-state index contributed by atoms with van der Waals surface area (Å²) in [6.07, 6.45) is 1.49. The van der Waals surface area contributed by atoms with E-state index < -0.39 is 10.8 Å². The molecule has 1 N–H and O–H groups in total. The number of hydrogen-bond acceptors (Lipinski definition) is 5. The predicted octanol–water partition coefficient (Wildman–Crippen LogP) is 6.85. The zero-order chi connectivity index (χ0) is 24.0. The molecule has 0 saturated heterocycles. The fourth-order valence-electron chi connectivity index (χ4n) is 2.76. The number of amides is 1. The predicted molar refractivity (Wildman–Crippen MR) is 141 cm³/mol. The molecular formula is C23H14Br2IN3O4. The van der Waals surface area contributed by atoms with Gasteiger partial charge in [-0.05, 0) is 92.1 Å². The molecule has 3 aromatic carbocycles. The maximum absolute atomic E-state index is 12.5. The number of non-ortho nitro benzene ring substituents is 1. The standard InChI is InChI=1S/C23H14Br2IN3O4/c24-17-4-6-18(7-5-17)28-23(30)16(12-27)8-15-10-20(25)22(21(26)11-15)33-13-14-2-1-3-19(9-14)29(31)32/h1-11H,13H2,(H,28,30)/b16-8-. The Morgan fingerprint density at radius 2 is 1.91 bits per heavy atom. The van der Waals surface area contributed by atoms with Crippen LogP contribution in [0, 0.1) is 25.0 Å². The van der Waals surface area contributed by atoms with Gasteiger partial charge in [0.15, 0.2) is 0 Å². The van der Waals surface area contributed by atoms with Gasteiger partial charge in [-0.25, -0.2) is 0 Å². The van der Waals surface area contributed by atoms with E-state index in [9.17, 15) is 20.2 Å². The van der Waals surface area contributed by atoms with Crippen molar-refractivity contribution in [2.24, 2.45) is 0 Å². The second kappa shape index (κ2) is 11.4. The van der Waals surface area contributed by atoms with Crippen molar-refractivity contribution in [3.8, 4) is 11.8 Å². The minimum Gasteiger partial charge on any atom is -0.487 e. The largest absolute Gasteiger partial charge is 0.487 e. The molecule has 10 heteroatoms. The van der Waals surface area contributed by atoms with Crippen LogP contribution in [0.1, 0.15) is 11.1 Å². The molecule has 0 spiro atoms. The number of nitrogens with zero attached hydrogens (tertiary/aromatic N) is 2. The Labute approximate surface area is 220 Å². The molecule has 7 nitrogen and oxygen atoms in total. The molecule has 33 heavy (non-hydrogen) atoms. The SMILES string of the molecule is N#C/C(=C/c1cc(Br)c(OCc2cccc([N+](=O)[O-])c2)c(I)c1)C(=O)Nc1ccc(Br)cc1. The van der Waals surface area contributed by atoms with Gasteiger partial charge in [0.05, 0.1) is 13.0 Å². The summed E-state index contributed by atoms with van der Waals surface area (Å²) in [4.78, 5) is 23.0. The lowest BCUT2D eigenvalue weighted by molar-refractivity contribution is -0.384. The van der Waals surface area contributed by atoms with Crippen LogP contribution in [0.25, 0.3) is 6.08 Å². The molecule has 0 saturated carbocycles. The highest BCUT2D eigenvalue weighted by atomic mass is 127. The van der Waals surface area contributed by atoms with E-state index in [0.717, 1.165) is 8.04 Å². The number of carbonyl (C=O) groups excluding carboxylic acids is 1. The smallest absolute Gasteiger partial charge is 0.269 e. The van der Waals surface area contributed by atoms with Gasteiger partial charge in [0, 0.05) is 22.3 Å². The number of nitro benzene ring substituents is 1. The maximum atomic E-state index is 12.5. The Morgan fingerprint density at radius 1 is 1.18 bits per heavy atom. The zero-order valence-electron chi connectivity index (χ0n) is 16.7. The fraction of sp³-hybridized carbons (Fsp3) is 0.0435. The van der Waals surface area contributed by atoms with Crippen molar-refractivity contribution in [3.05, 3.63) is 100.0 Å². The van der Waals surface area contributed by atoms with Crippen molar-refractivity contribution in [2.45, 2.75) is 6.61 Å². The van der Waals surface area contributed by atoms with Crippen LogP contribution in [0.15, 0.2) is 75.2 Å². The summed E-state index contributed by atoms with van der Waals surface area (Å²) >= 11 is 8.88. The van der Waals surface area contributed by atoms with Gasteiger partial charge in [0.2, 0.25) is 0 Å². The van der Waals surface area contributed by atoms with Crippen LogP contribution in [0.5, 0.6) is 5.75 Å². The van der Waals surface area contributed by atoms with Gasteiger partial charge < -0.3 is 10.1 Å². The van der Waals surface area contributed by atoms with Gasteiger partial charge >= 0.3 is 0 Å². The second-order valence-electron chi connectivity index (χ2n) is 6.66. The number of carbonyl (C=O) groups is 1. The van der Waals surface area contributed by atoms with Gasteiger partial charge in [-0.3, -0.25) is 14.9 Å². The van der Waals surface area contributed by atoms with E-state index in [1.165, 1.54) is 18.2 Å². The van der Waals surface area contributed by atoms with Crippen LogP contribution in [0.4, 0.5) is 11.4 Å².